The van der Waals surface area contributed by atoms with Crippen LogP contribution < -0.4 is 10.2 Å². The molecule has 2 fully saturated rings. The van der Waals surface area contributed by atoms with Crippen molar-refractivity contribution in [3.05, 3.63) is 99.5 Å². The molecule has 3 aromatic rings. The summed E-state index contributed by atoms with van der Waals surface area (Å²) < 4.78 is 59.3. The highest BCUT2D eigenvalue weighted by atomic mass is 19.1. The third kappa shape index (κ3) is 6.49. The highest BCUT2D eigenvalue weighted by Crippen LogP contribution is 2.28. The van der Waals surface area contributed by atoms with Crippen LogP contribution in [0.1, 0.15) is 55.1 Å². The lowest BCUT2D eigenvalue weighted by Crippen LogP contribution is -2.44. The second kappa shape index (κ2) is 12.1. The van der Waals surface area contributed by atoms with E-state index in [1.807, 2.05) is 12.1 Å². The topological polar surface area (TPSA) is 57.2 Å². The standard InChI is InChI=1S/C33H36F2N4O2/c1-38-8-10-39(11-9-38)29-4-5-30(26(19-29)15-22-6-12-41-13-7-22)33(40)37-32-31-18-23(2-3-25(31)21-36-32)14-24-16-27(34)20-28(35)17-24/h2-5,16-20,22H,6-15,21H2,1H3,(H,36,37,40)/i2D,3D,18D. The van der Waals surface area contributed by atoms with Gasteiger partial charge in [-0.05, 0) is 97.3 Å². The van der Waals surface area contributed by atoms with Gasteiger partial charge in [0.05, 0.1) is 10.7 Å². The van der Waals surface area contributed by atoms with E-state index in [1.165, 1.54) is 0 Å². The van der Waals surface area contributed by atoms with Crippen LogP contribution in [0.3, 0.4) is 0 Å². The van der Waals surface area contributed by atoms with Gasteiger partial charge in [-0.25, -0.2) is 8.78 Å². The Bertz CT molecular complexity index is 1600. The molecular formula is C33H36F2N4O2. The second-order valence-corrected chi connectivity index (χ2v) is 11.2. The van der Waals surface area contributed by atoms with Crippen LogP contribution in [0.25, 0.3) is 0 Å². The molecule has 0 unspecified atom stereocenters. The Morgan fingerprint density at radius 2 is 1.80 bits per heavy atom. The van der Waals surface area contributed by atoms with Crippen molar-refractivity contribution in [3.8, 4) is 0 Å². The van der Waals surface area contributed by atoms with Crippen LogP contribution in [0.2, 0.25) is 0 Å². The lowest BCUT2D eigenvalue weighted by atomic mass is 9.89. The highest BCUT2D eigenvalue weighted by Gasteiger charge is 2.24. The number of anilines is 1. The molecule has 3 heterocycles. The number of halogens is 2. The van der Waals surface area contributed by atoms with Crippen LogP contribution >= 0.6 is 0 Å². The minimum absolute atomic E-state index is 0.0632. The number of ether oxygens (including phenoxy) is 1. The van der Waals surface area contributed by atoms with E-state index in [2.05, 4.69) is 33.2 Å². The fourth-order valence-corrected chi connectivity index (χ4v) is 5.80. The predicted octanol–water partition coefficient (Wildman–Crippen LogP) is 4.97. The van der Waals surface area contributed by atoms with E-state index in [1.54, 1.807) is 0 Å². The monoisotopic (exact) mass is 561 g/mol. The zero-order valence-electron chi connectivity index (χ0n) is 26.2. The molecule has 6 rings (SSSR count). The van der Waals surface area contributed by atoms with E-state index >= 15 is 0 Å². The van der Waals surface area contributed by atoms with E-state index in [4.69, 9.17) is 8.85 Å². The molecule has 214 valence electrons. The zero-order valence-corrected chi connectivity index (χ0v) is 23.2. The Kier molecular flexibility index (Phi) is 7.08. The first-order chi connectivity index (χ1) is 21.2. The largest absolute Gasteiger partial charge is 0.381 e. The van der Waals surface area contributed by atoms with Gasteiger partial charge in [0.25, 0.3) is 5.91 Å². The molecule has 0 atom stereocenters. The molecule has 0 radical (unpaired) electrons. The summed E-state index contributed by atoms with van der Waals surface area (Å²) in [4.78, 5) is 23.0. The Labute approximate surface area is 244 Å². The van der Waals surface area contributed by atoms with Crippen molar-refractivity contribution in [1.82, 2.24) is 10.2 Å². The van der Waals surface area contributed by atoms with Crippen LogP contribution in [-0.4, -0.2) is 63.1 Å². The van der Waals surface area contributed by atoms with Gasteiger partial charge in [0, 0.05) is 62.3 Å². The third-order valence-corrected chi connectivity index (χ3v) is 8.16. The van der Waals surface area contributed by atoms with Gasteiger partial charge in [0.1, 0.15) is 17.5 Å². The van der Waals surface area contributed by atoms with Crippen molar-refractivity contribution in [2.24, 2.45) is 10.9 Å². The Balaban J connectivity index is 1.29. The first-order valence-corrected chi connectivity index (χ1v) is 14.2. The van der Waals surface area contributed by atoms with Crippen LogP contribution in [0, 0.1) is 17.6 Å². The molecule has 8 heteroatoms. The fraction of sp³-hybridized carbons (Fsp3) is 0.394. The minimum atomic E-state index is -0.755. The van der Waals surface area contributed by atoms with Gasteiger partial charge in [0.15, 0.2) is 0 Å². The molecule has 41 heavy (non-hydrogen) atoms. The van der Waals surface area contributed by atoms with Gasteiger partial charge in [-0.1, -0.05) is 12.1 Å². The minimum Gasteiger partial charge on any atom is -0.381 e. The maximum atomic E-state index is 13.9. The number of likely N-dealkylation sites (N-methyl/N-ethyl adjacent to an activating group) is 1. The summed E-state index contributed by atoms with van der Waals surface area (Å²) in [5, 5.41) is 2.91. The van der Waals surface area contributed by atoms with Crippen LogP contribution in [0.15, 0.2) is 59.5 Å². The first-order valence-electron chi connectivity index (χ1n) is 15.7. The summed E-state index contributed by atoms with van der Waals surface area (Å²) in [5.74, 6) is -1.28. The summed E-state index contributed by atoms with van der Waals surface area (Å²) in [6.45, 7) is 5.26. The van der Waals surface area contributed by atoms with Crippen molar-refractivity contribution >= 4 is 17.4 Å². The molecular weight excluding hydrogens is 522 g/mol. The van der Waals surface area contributed by atoms with Gasteiger partial charge < -0.3 is 19.9 Å². The molecule has 0 saturated carbocycles. The molecule has 3 aliphatic heterocycles. The average Bonchev–Trinajstić information content (AvgIpc) is 3.42. The predicted molar refractivity (Wildman–Crippen MR) is 157 cm³/mol. The number of amidine groups is 1. The summed E-state index contributed by atoms with van der Waals surface area (Å²) in [6.07, 6.45) is 2.51. The molecule has 0 spiro atoms. The second-order valence-electron chi connectivity index (χ2n) is 11.2. The SMILES string of the molecule is [2H]c1c([2H])c2c(c([2H])c1Cc1cc(F)cc(F)c1)C(NC(=O)c1ccc(N3CCN(C)CC3)cc1CC1CCOCC1)=NC2. The zero-order chi connectivity index (χ0) is 31.0. The van der Waals surface area contributed by atoms with Gasteiger partial charge in [-0.3, -0.25) is 9.79 Å². The van der Waals surface area contributed by atoms with E-state index in [-0.39, 0.29) is 59.5 Å². The van der Waals surface area contributed by atoms with Gasteiger partial charge in [-0.15, -0.1) is 0 Å². The van der Waals surface area contributed by atoms with Gasteiger partial charge >= 0.3 is 0 Å². The maximum Gasteiger partial charge on any atom is 0.257 e. The summed E-state index contributed by atoms with van der Waals surface area (Å²) in [7, 11) is 2.12. The molecule has 0 bridgehead atoms. The van der Waals surface area contributed by atoms with E-state index in [0.717, 1.165) is 74.9 Å². The number of carbonyl (C=O) groups excluding carboxylic acids is 1. The number of hydrogen-bond donors (Lipinski definition) is 1. The number of hydrogen-bond acceptors (Lipinski definition) is 5. The lowest BCUT2D eigenvalue weighted by Gasteiger charge is -2.34. The number of carbonyl (C=O) groups is 1. The summed E-state index contributed by atoms with van der Waals surface area (Å²) in [6, 6.07) is 8.69. The number of fused-ring (bicyclic) bond motifs is 1. The van der Waals surface area contributed by atoms with Crippen molar-refractivity contribution in [1.29, 1.82) is 0 Å². The molecule has 2 saturated heterocycles. The van der Waals surface area contributed by atoms with Gasteiger partial charge in [-0.2, -0.15) is 0 Å². The quantitative estimate of drug-likeness (QED) is 0.462. The van der Waals surface area contributed by atoms with E-state index in [0.29, 0.717) is 30.3 Å². The third-order valence-electron chi connectivity index (χ3n) is 8.16. The molecule has 6 nitrogen and oxygen atoms in total. The fourth-order valence-electron chi connectivity index (χ4n) is 5.80. The number of aliphatic imine (C=N–C) groups is 1. The number of amides is 1. The number of nitrogens with one attached hydrogen (secondary N) is 1. The molecule has 0 aliphatic carbocycles. The number of piperazine rings is 1. The lowest BCUT2D eigenvalue weighted by molar-refractivity contribution is 0.0664. The normalized spacial score (nSPS) is 18.9. The van der Waals surface area contributed by atoms with E-state index in [9.17, 15) is 13.6 Å². The van der Waals surface area contributed by atoms with Crippen molar-refractivity contribution in [2.45, 2.75) is 32.2 Å². The van der Waals surface area contributed by atoms with E-state index < -0.39 is 11.6 Å². The number of nitrogens with zero attached hydrogens (tertiary/aromatic N) is 3. The highest BCUT2D eigenvalue weighted by molar-refractivity contribution is 6.14. The molecule has 1 N–H and O–H groups in total. The smallest absolute Gasteiger partial charge is 0.257 e. The van der Waals surface area contributed by atoms with Crippen molar-refractivity contribution < 1.29 is 22.4 Å². The Morgan fingerprint density at radius 3 is 2.56 bits per heavy atom. The van der Waals surface area contributed by atoms with Gasteiger partial charge in [0.2, 0.25) is 0 Å². The van der Waals surface area contributed by atoms with Crippen LogP contribution in [0.4, 0.5) is 14.5 Å². The summed E-state index contributed by atoms with van der Waals surface area (Å²) >= 11 is 0. The number of rotatable bonds is 6. The molecule has 0 aromatic heterocycles. The van der Waals surface area contributed by atoms with Crippen LogP contribution in [0.5, 0.6) is 0 Å². The van der Waals surface area contributed by atoms with Crippen molar-refractivity contribution in [3.63, 3.8) is 0 Å². The Morgan fingerprint density at radius 1 is 1.05 bits per heavy atom. The summed E-state index contributed by atoms with van der Waals surface area (Å²) in [5.41, 5.74) is 3.66. The Hall–Kier alpha value is -3.62. The number of benzene rings is 3. The average molecular weight is 562 g/mol. The molecule has 3 aromatic carbocycles. The first kappa shape index (κ1) is 24.0. The van der Waals surface area contributed by atoms with Crippen molar-refractivity contribution in [2.75, 3.05) is 51.3 Å². The molecule has 3 aliphatic rings. The maximum absolute atomic E-state index is 13.9. The molecule has 1 amide bonds. The van der Waals surface area contributed by atoms with Crippen LogP contribution in [-0.2, 0) is 24.1 Å².